The lowest BCUT2D eigenvalue weighted by Gasteiger charge is -2.15. The second-order valence-electron chi connectivity index (χ2n) is 7.03. The van der Waals surface area contributed by atoms with E-state index in [-0.39, 0.29) is 23.3 Å². The number of methoxy groups -OCH3 is 1. The van der Waals surface area contributed by atoms with E-state index < -0.39 is 11.9 Å². The molecule has 0 radical (unpaired) electrons. The maximum Gasteiger partial charge on any atom is 0.341 e. The van der Waals surface area contributed by atoms with Crippen LogP contribution in [-0.2, 0) is 9.53 Å². The predicted molar refractivity (Wildman–Crippen MR) is 126 cm³/mol. The molecule has 0 unspecified atom stereocenters. The maximum atomic E-state index is 12.8. The van der Waals surface area contributed by atoms with Crippen LogP contribution in [-0.4, -0.2) is 31.7 Å². The van der Waals surface area contributed by atoms with E-state index in [0.717, 1.165) is 10.4 Å². The second-order valence-corrected chi connectivity index (χ2v) is 8.66. The number of rotatable bonds is 8. The molecule has 1 aromatic heterocycles. The zero-order valence-electron chi connectivity index (χ0n) is 18.8. The van der Waals surface area contributed by atoms with E-state index in [1.165, 1.54) is 24.5 Å². The highest BCUT2D eigenvalue weighted by Crippen LogP contribution is 2.38. The van der Waals surface area contributed by atoms with E-state index in [1.54, 1.807) is 26.0 Å². The van der Waals surface area contributed by atoms with Gasteiger partial charge < -0.3 is 19.5 Å². The van der Waals surface area contributed by atoms with Crippen molar-refractivity contribution in [3.05, 3.63) is 44.3 Å². The summed E-state index contributed by atoms with van der Waals surface area (Å²) in [6.07, 6.45) is 1.27. The first-order chi connectivity index (χ1) is 15.1. The number of carbonyl (C=O) groups excluding carboxylic acids is 2. The van der Waals surface area contributed by atoms with Crippen molar-refractivity contribution in [1.29, 1.82) is 5.26 Å². The molecule has 1 amide bonds. The molecule has 0 fully saturated rings. The molecule has 0 saturated carbocycles. The van der Waals surface area contributed by atoms with Crippen LogP contribution in [0.4, 0.5) is 5.00 Å². The Kier molecular flexibility index (Phi) is 8.70. The van der Waals surface area contributed by atoms with E-state index in [2.05, 4.69) is 5.32 Å². The Morgan fingerprint density at radius 3 is 2.56 bits per heavy atom. The van der Waals surface area contributed by atoms with Gasteiger partial charge in [-0.3, -0.25) is 4.79 Å². The van der Waals surface area contributed by atoms with Crippen molar-refractivity contribution in [2.75, 3.05) is 19.0 Å². The minimum absolute atomic E-state index is 0.116. The number of amides is 1. The van der Waals surface area contributed by atoms with Gasteiger partial charge in [0.15, 0.2) is 11.5 Å². The van der Waals surface area contributed by atoms with Gasteiger partial charge in [-0.1, -0.05) is 11.6 Å². The summed E-state index contributed by atoms with van der Waals surface area (Å²) < 4.78 is 16.1. The monoisotopic (exact) mass is 476 g/mol. The molecular weight excluding hydrogens is 452 g/mol. The summed E-state index contributed by atoms with van der Waals surface area (Å²) in [5.41, 5.74) is 1.33. The van der Waals surface area contributed by atoms with Crippen LogP contribution < -0.4 is 14.8 Å². The van der Waals surface area contributed by atoms with Crippen molar-refractivity contribution in [2.45, 2.75) is 40.7 Å². The van der Waals surface area contributed by atoms with Crippen LogP contribution >= 0.6 is 22.9 Å². The van der Waals surface area contributed by atoms with Gasteiger partial charge in [-0.25, -0.2) is 4.79 Å². The van der Waals surface area contributed by atoms with Crippen LogP contribution in [0.2, 0.25) is 5.02 Å². The number of benzene rings is 1. The number of ether oxygens (including phenoxy) is 3. The highest BCUT2D eigenvalue weighted by atomic mass is 35.5. The van der Waals surface area contributed by atoms with Crippen molar-refractivity contribution in [3.63, 3.8) is 0 Å². The van der Waals surface area contributed by atoms with Crippen LogP contribution in [0.1, 0.15) is 47.1 Å². The molecular formula is C23H25ClN2O5S. The summed E-state index contributed by atoms with van der Waals surface area (Å²) in [4.78, 5) is 26.0. The number of aryl methyl sites for hydroxylation is 1. The van der Waals surface area contributed by atoms with E-state index in [4.69, 9.17) is 25.8 Å². The van der Waals surface area contributed by atoms with Crippen molar-refractivity contribution in [3.8, 4) is 17.6 Å². The second kappa shape index (κ2) is 11.0. The van der Waals surface area contributed by atoms with Crippen molar-refractivity contribution in [2.24, 2.45) is 0 Å². The number of nitrogens with zero attached hydrogens (tertiary/aromatic N) is 1. The molecule has 7 nitrogen and oxygen atoms in total. The lowest BCUT2D eigenvalue weighted by atomic mass is 10.1. The summed E-state index contributed by atoms with van der Waals surface area (Å²) >= 11 is 7.58. The number of thiophene rings is 1. The van der Waals surface area contributed by atoms with Gasteiger partial charge in [0.25, 0.3) is 5.91 Å². The fourth-order valence-corrected chi connectivity index (χ4v) is 4.13. The highest BCUT2D eigenvalue weighted by Gasteiger charge is 2.23. The first-order valence-electron chi connectivity index (χ1n) is 9.87. The third-order valence-electron chi connectivity index (χ3n) is 4.37. The molecule has 1 heterocycles. The fraction of sp³-hybridized carbons (Fsp3) is 0.348. The predicted octanol–water partition coefficient (Wildman–Crippen LogP) is 5.54. The van der Waals surface area contributed by atoms with Crippen LogP contribution in [0.25, 0.3) is 6.08 Å². The third kappa shape index (κ3) is 5.81. The molecule has 0 atom stereocenters. The summed E-state index contributed by atoms with van der Waals surface area (Å²) in [5, 5.41) is 12.9. The molecule has 0 spiro atoms. The Bertz CT molecular complexity index is 1100. The molecule has 0 aliphatic carbocycles. The van der Waals surface area contributed by atoms with Gasteiger partial charge in [-0.15, -0.1) is 11.3 Å². The first kappa shape index (κ1) is 25.2. The van der Waals surface area contributed by atoms with Gasteiger partial charge >= 0.3 is 5.97 Å². The van der Waals surface area contributed by atoms with Crippen molar-refractivity contribution < 1.29 is 23.8 Å². The number of hydrogen-bond acceptors (Lipinski definition) is 7. The van der Waals surface area contributed by atoms with Crippen LogP contribution in [0.3, 0.4) is 0 Å². The number of esters is 1. The Hall–Kier alpha value is -3.02. The number of halogens is 1. The minimum atomic E-state index is -0.656. The Morgan fingerprint density at radius 1 is 1.31 bits per heavy atom. The fourth-order valence-electron chi connectivity index (χ4n) is 2.82. The molecule has 2 rings (SSSR count). The molecule has 32 heavy (non-hydrogen) atoms. The normalized spacial score (nSPS) is 11.2. The molecule has 9 heteroatoms. The van der Waals surface area contributed by atoms with Crippen molar-refractivity contribution >= 4 is 45.9 Å². The molecule has 0 aliphatic rings. The SMILES string of the molecule is CCOC(=O)c1c(NC(=O)C(C#N)=Cc2cc(Cl)c(OC(C)C)c(OC)c2)sc(C)c1C. The third-order valence-corrected chi connectivity index (χ3v) is 5.78. The van der Waals surface area contributed by atoms with Gasteiger partial charge in [-0.05, 0) is 64.0 Å². The molecule has 1 N–H and O–H groups in total. The Labute approximate surface area is 196 Å². The molecule has 170 valence electrons. The van der Waals surface area contributed by atoms with E-state index in [1.807, 2.05) is 26.8 Å². The van der Waals surface area contributed by atoms with Crippen LogP contribution in [0.15, 0.2) is 17.7 Å². The molecule has 0 bridgehead atoms. The first-order valence-corrected chi connectivity index (χ1v) is 11.1. The molecule has 0 aliphatic heterocycles. The summed E-state index contributed by atoms with van der Waals surface area (Å²) in [5.74, 6) is -0.418. The highest BCUT2D eigenvalue weighted by molar-refractivity contribution is 7.16. The number of nitriles is 1. The van der Waals surface area contributed by atoms with E-state index in [9.17, 15) is 14.9 Å². The lowest BCUT2D eigenvalue weighted by Crippen LogP contribution is -2.16. The average molecular weight is 477 g/mol. The topological polar surface area (TPSA) is 97.7 Å². The van der Waals surface area contributed by atoms with Crippen LogP contribution in [0, 0.1) is 25.2 Å². The van der Waals surface area contributed by atoms with E-state index in [0.29, 0.717) is 27.6 Å². The van der Waals surface area contributed by atoms with Gasteiger partial charge in [0.05, 0.1) is 30.4 Å². The molecule has 0 saturated heterocycles. The number of anilines is 1. The standard InChI is InChI=1S/C23H25ClN2O5S/c1-7-30-23(28)19-13(4)14(5)32-22(19)26-21(27)16(11-25)8-15-9-17(24)20(31-12(2)3)18(10-15)29-6/h8-10,12H,7H2,1-6H3,(H,26,27). The number of hydrogen-bond donors (Lipinski definition) is 1. The lowest BCUT2D eigenvalue weighted by molar-refractivity contribution is -0.112. The zero-order valence-corrected chi connectivity index (χ0v) is 20.4. The largest absolute Gasteiger partial charge is 0.493 e. The zero-order chi connectivity index (χ0) is 24.0. The molecule has 1 aromatic carbocycles. The quantitative estimate of drug-likeness (QED) is 0.305. The van der Waals surface area contributed by atoms with Gasteiger partial charge in [0, 0.05) is 4.88 Å². The van der Waals surface area contributed by atoms with Gasteiger partial charge in [0.1, 0.15) is 16.6 Å². The van der Waals surface area contributed by atoms with Crippen LogP contribution in [0.5, 0.6) is 11.5 Å². The smallest absolute Gasteiger partial charge is 0.341 e. The summed E-state index contributed by atoms with van der Waals surface area (Å²) in [6.45, 7) is 9.26. The average Bonchev–Trinajstić information content (AvgIpc) is 3.00. The number of nitrogens with one attached hydrogen (secondary N) is 1. The summed E-state index contributed by atoms with van der Waals surface area (Å²) in [6, 6.07) is 5.09. The van der Waals surface area contributed by atoms with Crippen molar-refractivity contribution in [1.82, 2.24) is 0 Å². The molecule has 2 aromatic rings. The van der Waals surface area contributed by atoms with Gasteiger partial charge in [-0.2, -0.15) is 5.26 Å². The minimum Gasteiger partial charge on any atom is -0.493 e. The van der Waals surface area contributed by atoms with E-state index >= 15 is 0 Å². The number of carbonyl (C=O) groups is 2. The summed E-state index contributed by atoms with van der Waals surface area (Å²) in [7, 11) is 1.47. The Balaban J connectivity index is 2.39. The maximum absolute atomic E-state index is 12.8. The van der Waals surface area contributed by atoms with Gasteiger partial charge in [0.2, 0.25) is 0 Å². The Morgan fingerprint density at radius 2 is 2.00 bits per heavy atom.